The molecule has 0 aliphatic carbocycles. The number of aryl methyl sites for hydroxylation is 2. The van der Waals surface area contributed by atoms with Crippen molar-refractivity contribution in [2.75, 3.05) is 13.2 Å². The highest BCUT2D eigenvalue weighted by atomic mass is 35.5. The summed E-state index contributed by atoms with van der Waals surface area (Å²) in [6.45, 7) is 1.92. The van der Waals surface area contributed by atoms with Crippen LogP contribution in [0.25, 0.3) is 0 Å². The van der Waals surface area contributed by atoms with Crippen LogP contribution in [0.5, 0.6) is 11.5 Å². The first-order valence-electron chi connectivity index (χ1n) is 6.77. The molecule has 3 rings (SSSR count). The molecule has 1 aliphatic rings. The van der Waals surface area contributed by atoms with Crippen LogP contribution in [0.1, 0.15) is 17.8 Å². The normalized spacial score (nSPS) is 13.5. The van der Waals surface area contributed by atoms with Gasteiger partial charge >= 0.3 is 0 Å². The highest BCUT2D eigenvalue weighted by Crippen LogP contribution is 2.38. The Kier molecular flexibility index (Phi) is 3.98. The van der Waals surface area contributed by atoms with Gasteiger partial charge in [-0.3, -0.25) is 0 Å². The van der Waals surface area contributed by atoms with E-state index in [2.05, 4.69) is 11.1 Å². The number of rotatable bonds is 3. The summed E-state index contributed by atoms with van der Waals surface area (Å²) in [7, 11) is 0. The van der Waals surface area contributed by atoms with Crippen LogP contribution in [0, 0.1) is 11.3 Å². The number of fused-ring (bicyclic) bond motifs is 1. The molecule has 21 heavy (non-hydrogen) atoms. The number of imidazole rings is 1. The summed E-state index contributed by atoms with van der Waals surface area (Å²) in [4.78, 5) is 3.98. The lowest BCUT2D eigenvalue weighted by molar-refractivity contribution is 0.297. The molecule has 5 nitrogen and oxygen atoms in total. The van der Waals surface area contributed by atoms with Crippen LogP contribution in [0.15, 0.2) is 24.5 Å². The Morgan fingerprint density at radius 2 is 2.19 bits per heavy atom. The second kappa shape index (κ2) is 6.06. The molecule has 1 aliphatic heterocycles. The van der Waals surface area contributed by atoms with E-state index in [0.717, 1.165) is 18.4 Å². The molecule has 0 amide bonds. The predicted molar refractivity (Wildman–Crippen MR) is 77.7 cm³/mol. The first-order chi connectivity index (χ1) is 10.3. The first kappa shape index (κ1) is 13.8. The van der Waals surface area contributed by atoms with Crippen molar-refractivity contribution in [1.29, 1.82) is 5.26 Å². The summed E-state index contributed by atoms with van der Waals surface area (Å²) in [6, 6.07) is 5.90. The summed E-state index contributed by atoms with van der Waals surface area (Å²) in [5.74, 6) is 1.73. The van der Waals surface area contributed by atoms with Gasteiger partial charge in [0.25, 0.3) is 0 Å². The number of aromatic nitrogens is 2. The number of hydrogen-bond acceptors (Lipinski definition) is 4. The Morgan fingerprint density at radius 3 is 3.05 bits per heavy atom. The molecule has 108 valence electrons. The Labute approximate surface area is 127 Å². The summed E-state index contributed by atoms with van der Waals surface area (Å²) in [5, 5.41) is 9.51. The lowest BCUT2D eigenvalue weighted by atomic mass is 10.1. The number of ether oxygens (including phenoxy) is 2. The highest BCUT2D eigenvalue weighted by Gasteiger charge is 2.15. The molecular formula is C15H14ClN3O2. The molecule has 2 heterocycles. The summed E-state index contributed by atoms with van der Waals surface area (Å²) in [6.07, 6.45) is 5.00. The van der Waals surface area contributed by atoms with Gasteiger partial charge in [-0.2, -0.15) is 5.26 Å². The van der Waals surface area contributed by atoms with Gasteiger partial charge in [-0.15, -0.1) is 0 Å². The van der Waals surface area contributed by atoms with Crippen molar-refractivity contribution in [3.63, 3.8) is 0 Å². The molecule has 0 spiro atoms. The molecule has 0 saturated carbocycles. The third kappa shape index (κ3) is 2.96. The van der Waals surface area contributed by atoms with Crippen molar-refractivity contribution in [3.05, 3.63) is 40.9 Å². The lowest BCUT2D eigenvalue weighted by Crippen LogP contribution is -2.03. The molecule has 6 heteroatoms. The molecule has 0 bridgehead atoms. The van der Waals surface area contributed by atoms with Gasteiger partial charge in [0.15, 0.2) is 11.5 Å². The van der Waals surface area contributed by atoms with Gasteiger partial charge in [-0.25, -0.2) is 4.98 Å². The van der Waals surface area contributed by atoms with Crippen LogP contribution >= 0.6 is 11.6 Å². The van der Waals surface area contributed by atoms with E-state index < -0.39 is 0 Å². The van der Waals surface area contributed by atoms with Crippen molar-refractivity contribution in [2.24, 2.45) is 0 Å². The number of halogens is 1. The van der Waals surface area contributed by atoms with Crippen LogP contribution < -0.4 is 9.47 Å². The molecule has 1 aromatic carbocycles. The van der Waals surface area contributed by atoms with Gasteiger partial charge in [0.2, 0.25) is 5.82 Å². The second-order valence-corrected chi connectivity index (χ2v) is 5.17. The number of nitrogens with zero attached hydrogens (tertiary/aromatic N) is 3. The van der Waals surface area contributed by atoms with E-state index in [0.29, 0.717) is 42.1 Å². The smallest absolute Gasteiger partial charge is 0.212 e. The van der Waals surface area contributed by atoms with Gasteiger partial charge < -0.3 is 14.0 Å². The van der Waals surface area contributed by atoms with Crippen LogP contribution in [-0.4, -0.2) is 22.8 Å². The lowest BCUT2D eigenvalue weighted by Gasteiger charge is -2.12. The predicted octanol–water partition coefficient (Wildman–Crippen LogP) is 2.81. The number of hydrogen-bond donors (Lipinski definition) is 0. The first-order valence-corrected chi connectivity index (χ1v) is 7.15. The van der Waals surface area contributed by atoms with Gasteiger partial charge in [-0.05, 0) is 24.1 Å². The van der Waals surface area contributed by atoms with Crippen LogP contribution in [0.2, 0.25) is 5.02 Å². The maximum absolute atomic E-state index is 8.95. The average molecular weight is 304 g/mol. The quantitative estimate of drug-likeness (QED) is 0.875. The molecule has 0 N–H and O–H groups in total. The monoisotopic (exact) mass is 303 g/mol. The minimum Gasteiger partial charge on any atom is -0.489 e. The summed E-state index contributed by atoms with van der Waals surface area (Å²) < 4.78 is 13.1. The topological polar surface area (TPSA) is 60.1 Å². The average Bonchev–Trinajstić information content (AvgIpc) is 2.81. The fourth-order valence-corrected chi connectivity index (χ4v) is 2.57. The third-order valence-corrected chi connectivity index (χ3v) is 3.60. The minimum atomic E-state index is 0.412. The van der Waals surface area contributed by atoms with Crippen molar-refractivity contribution in [1.82, 2.24) is 9.55 Å². The molecule has 0 unspecified atom stereocenters. The Balaban J connectivity index is 1.79. The molecule has 0 fully saturated rings. The maximum Gasteiger partial charge on any atom is 0.212 e. The summed E-state index contributed by atoms with van der Waals surface area (Å²) in [5.41, 5.74) is 1.04. The zero-order valence-electron chi connectivity index (χ0n) is 11.4. The minimum absolute atomic E-state index is 0.412. The van der Waals surface area contributed by atoms with E-state index in [9.17, 15) is 0 Å². The molecule has 1 aromatic heterocycles. The maximum atomic E-state index is 8.95. The fourth-order valence-electron chi connectivity index (χ4n) is 2.28. The fraction of sp³-hybridized carbons (Fsp3) is 0.333. The Hall–Kier alpha value is -2.19. The molecule has 0 saturated heterocycles. The number of benzene rings is 1. The van der Waals surface area contributed by atoms with E-state index in [1.165, 1.54) is 0 Å². The highest BCUT2D eigenvalue weighted by molar-refractivity contribution is 6.32. The molecule has 0 radical (unpaired) electrons. The van der Waals surface area contributed by atoms with Crippen LogP contribution in [0.3, 0.4) is 0 Å². The van der Waals surface area contributed by atoms with E-state index in [4.69, 9.17) is 26.3 Å². The standard InChI is InChI=1S/C15H14ClN3O2/c16-12-8-11(2-4-19-5-3-18-14(19)10-17)9-13-15(12)21-7-1-6-20-13/h3,5,8-9H,1-2,4,6-7H2. The van der Waals surface area contributed by atoms with E-state index in [-0.39, 0.29) is 0 Å². The van der Waals surface area contributed by atoms with Crippen LogP contribution in [0.4, 0.5) is 0 Å². The Morgan fingerprint density at radius 1 is 1.33 bits per heavy atom. The molecule has 0 atom stereocenters. The van der Waals surface area contributed by atoms with Gasteiger partial charge in [-0.1, -0.05) is 11.6 Å². The van der Waals surface area contributed by atoms with E-state index >= 15 is 0 Å². The number of nitriles is 1. The zero-order valence-corrected chi connectivity index (χ0v) is 12.1. The van der Waals surface area contributed by atoms with E-state index in [1.54, 1.807) is 12.4 Å². The molecular weight excluding hydrogens is 290 g/mol. The Bertz CT molecular complexity index is 691. The van der Waals surface area contributed by atoms with Crippen molar-refractivity contribution >= 4 is 11.6 Å². The van der Waals surface area contributed by atoms with Crippen LogP contribution in [-0.2, 0) is 13.0 Å². The zero-order chi connectivity index (χ0) is 14.7. The molecule has 2 aromatic rings. The van der Waals surface area contributed by atoms with Gasteiger partial charge in [0, 0.05) is 25.4 Å². The van der Waals surface area contributed by atoms with Gasteiger partial charge in [0.1, 0.15) is 6.07 Å². The van der Waals surface area contributed by atoms with Crippen molar-refractivity contribution < 1.29 is 9.47 Å². The van der Waals surface area contributed by atoms with E-state index in [1.807, 2.05) is 16.7 Å². The SMILES string of the molecule is N#Cc1nccn1CCc1cc(Cl)c2c(c1)OCCCO2. The third-order valence-electron chi connectivity index (χ3n) is 3.32. The van der Waals surface area contributed by atoms with Crippen molar-refractivity contribution in [3.8, 4) is 17.6 Å². The van der Waals surface area contributed by atoms with Crippen molar-refractivity contribution in [2.45, 2.75) is 19.4 Å². The second-order valence-electron chi connectivity index (χ2n) is 4.76. The summed E-state index contributed by atoms with van der Waals surface area (Å²) >= 11 is 6.26. The van der Waals surface area contributed by atoms with Gasteiger partial charge in [0.05, 0.1) is 18.2 Å². The largest absolute Gasteiger partial charge is 0.489 e.